The molecule has 0 spiro atoms. The van der Waals surface area contributed by atoms with Crippen LogP contribution in [0.2, 0.25) is 0 Å². The van der Waals surface area contributed by atoms with Crippen LogP contribution in [0.1, 0.15) is 61.6 Å². The normalized spacial score (nSPS) is 10.9. The topological polar surface area (TPSA) is 54.3 Å². The molecule has 0 aliphatic rings. The van der Waals surface area contributed by atoms with E-state index in [9.17, 15) is 4.79 Å². The van der Waals surface area contributed by atoms with Crippen molar-refractivity contribution in [3.8, 4) is 0 Å². The lowest BCUT2D eigenvalue weighted by atomic mass is 10.1. The van der Waals surface area contributed by atoms with Crippen LogP contribution < -0.4 is 10.6 Å². The first kappa shape index (κ1) is 20.0. The van der Waals surface area contributed by atoms with Gasteiger partial charge >= 0.3 is 0 Å². The monoisotopic (exact) mass is 378 g/mol. The molecule has 4 nitrogen and oxygen atoms in total. The SMILES string of the molecule is CCCCCCCCNc1c(C(=O)Nc2cccc(C)c2)oc2ccccc12. The number of amides is 1. The predicted octanol–water partition coefficient (Wildman–Crippen LogP) is 6.77. The standard InChI is InChI=1S/C24H30N2O2/c1-3-4-5-6-7-10-16-25-22-20-14-8-9-15-21(20)28-23(22)24(27)26-19-13-11-12-18(2)17-19/h8-9,11-15,17,25H,3-7,10,16H2,1-2H3,(H,26,27). The van der Waals surface area contributed by atoms with E-state index in [1.54, 1.807) is 0 Å². The highest BCUT2D eigenvalue weighted by Crippen LogP contribution is 2.31. The summed E-state index contributed by atoms with van der Waals surface area (Å²) in [5, 5.41) is 7.35. The van der Waals surface area contributed by atoms with Gasteiger partial charge in [-0.1, -0.05) is 63.3 Å². The number of rotatable bonds is 10. The molecule has 0 unspecified atom stereocenters. The quantitative estimate of drug-likeness (QED) is 0.383. The largest absolute Gasteiger partial charge is 0.449 e. The fraction of sp³-hybridized carbons (Fsp3) is 0.375. The van der Waals surface area contributed by atoms with Crippen molar-refractivity contribution in [2.24, 2.45) is 0 Å². The summed E-state index contributed by atoms with van der Waals surface area (Å²) in [6.45, 7) is 5.07. The van der Waals surface area contributed by atoms with Crippen LogP contribution in [0.3, 0.4) is 0 Å². The first-order chi connectivity index (χ1) is 13.7. The number of aryl methyl sites for hydroxylation is 1. The first-order valence-corrected chi connectivity index (χ1v) is 10.3. The summed E-state index contributed by atoms with van der Waals surface area (Å²) in [6.07, 6.45) is 7.43. The number of unbranched alkanes of at least 4 members (excludes halogenated alkanes) is 5. The van der Waals surface area contributed by atoms with Gasteiger partial charge in [0.15, 0.2) is 0 Å². The number of hydrogen-bond donors (Lipinski definition) is 2. The fourth-order valence-corrected chi connectivity index (χ4v) is 3.41. The fourth-order valence-electron chi connectivity index (χ4n) is 3.41. The number of hydrogen-bond acceptors (Lipinski definition) is 3. The second-order valence-corrected chi connectivity index (χ2v) is 7.32. The molecule has 2 N–H and O–H groups in total. The molecule has 0 saturated carbocycles. The van der Waals surface area contributed by atoms with E-state index in [2.05, 4.69) is 17.6 Å². The smallest absolute Gasteiger partial charge is 0.293 e. The van der Waals surface area contributed by atoms with Crippen LogP contribution in [-0.2, 0) is 0 Å². The molecule has 0 fully saturated rings. The molecular formula is C24H30N2O2. The van der Waals surface area contributed by atoms with Crippen molar-refractivity contribution >= 4 is 28.3 Å². The molecule has 0 aliphatic heterocycles. The highest BCUT2D eigenvalue weighted by molar-refractivity contribution is 6.11. The Labute approximate surface area is 167 Å². The average Bonchev–Trinajstić information content (AvgIpc) is 3.06. The molecular weight excluding hydrogens is 348 g/mol. The summed E-state index contributed by atoms with van der Waals surface area (Å²) >= 11 is 0. The van der Waals surface area contributed by atoms with Gasteiger partial charge in [0.2, 0.25) is 5.76 Å². The van der Waals surface area contributed by atoms with Gasteiger partial charge in [-0.15, -0.1) is 0 Å². The van der Waals surface area contributed by atoms with Gasteiger partial charge in [0.25, 0.3) is 5.91 Å². The molecule has 2 aromatic carbocycles. The van der Waals surface area contributed by atoms with Gasteiger partial charge in [0.05, 0.1) is 5.69 Å². The Morgan fingerprint density at radius 2 is 1.75 bits per heavy atom. The van der Waals surface area contributed by atoms with E-state index in [-0.39, 0.29) is 5.91 Å². The second-order valence-electron chi connectivity index (χ2n) is 7.32. The van der Waals surface area contributed by atoms with Gasteiger partial charge in [-0.3, -0.25) is 4.79 Å². The molecule has 0 radical (unpaired) electrons. The van der Waals surface area contributed by atoms with Crippen molar-refractivity contribution in [3.05, 3.63) is 59.9 Å². The number of nitrogens with one attached hydrogen (secondary N) is 2. The molecule has 3 rings (SSSR count). The predicted molar refractivity (Wildman–Crippen MR) is 117 cm³/mol. The zero-order chi connectivity index (χ0) is 19.8. The molecule has 28 heavy (non-hydrogen) atoms. The van der Waals surface area contributed by atoms with Gasteiger partial charge in [0, 0.05) is 17.6 Å². The Hall–Kier alpha value is -2.75. The molecule has 0 atom stereocenters. The number of para-hydroxylation sites is 1. The minimum Gasteiger partial charge on any atom is -0.449 e. The Morgan fingerprint density at radius 1 is 0.964 bits per heavy atom. The second kappa shape index (κ2) is 9.98. The Kier molecular flexibility index (Phi) is 7.12. The average molecular weight is 379 g/mol. The van der Waals surface area contributed by atoms with Gasteiger partial charge in [-0.05, 0) is 43.2 Å². The molecule has 1 aromatic heterocycles. The number of furan rings is 1. The van der Waals surface area contributed by atoms with Gasteiger partial charge < -0.3 is 15.1 Å². The van der Waals surface area contributed by atoms with Crippen molar-refractivity contribution in [1.82, 2.24) is 0 Å². The van der Waals surface area contributed by atoms with E-state index in [1.165, 1.54) is 32.1 Å². The summed E-state index contributed by atoms with van der Waals surface area (Å²) in [4.78, 5) is 12.9. The summed E-state index contributed by atoms with van der Waals surface area (Å²) in [5.41, 5.74) is 3.38. The Morgan fingerprint density at radius 3 is 2.57 bits per heavy atom. The van der Waals surface area contributed by atoms with Crippen LogP contribution in [0.4, 0.5) is 11.4 Å². The molecule has 1 amide bonds. The zero-order valence-corrected chi connectivity index (χ0v) is 16.9. The number of carbonyl (C=O) groups excluding carboxylic acids is 1. The minimum absolute atomic E-state index is 0.229. The van der Waals surface area contributed by atoms with Crippen molar-refractivity contribution in [1.29, 1.82) is 0 Å². The number of carbonyl (C=O) groups is 1. The van der Waals surface area contributed by atoms with Crippen LogP contribution in [0, 0.1) is 6.92 Å². The van der Waals surface area contributed by atoms with E-state index in [0.717, 1.165) is 40.9 Å². The maximum absolute atomic E-state index is 12.9. The molecule has 0 bridgehead atoms. The highest BCUT2D eigenvalue weighted by atomic mass is 16.3. The Bertz CT molecular complexity index is 914. The minimum atomic E-state index is -0.229. The molecule has 0 aliphatic carbocycles. The molecule has 3 aromatic rings. The maximum Gasteiger partial charge on any atom is 0.293 e. The van der Waals surface area contributed by atoms with Crippen LogP contribution in [0.25, 0.3) is 11.0 Å². The van der Waals surface area contributed by atoms with E-state index < -0.39 is 0 Å². The Balaban J connectivity index is 1.70. The van der Waals surface area contributed by atoms with E-state index in [0.29, 0.717) is 5.76 Å². The van der Waals surface area contributed by atoms with Crippen molar-refractivity contribution in [2.75, 3.05) is 17.2 Å². The van der Waals surface area contributed by atoms with Crippen molar-refractivity contribution in [3.63, 3.8) is 0 Å². The number of fused-ring (bicyclic) bond motifs is 1. The third-order valence-corrected chi connectivity index (χ3v) is 4.91. The van der Waals surface area contributed by atoms with Gasteiger partial charge in [-0.2, -0.15) is 0 Å². The van der Waals surface area contributed by atoms with E-state index in [4.69, 9.17) is 4.42 Å². The summed E-state index contributed by atoms with van der Waals surface area (Å²) in [7, 11) is 0. The molecule has 148 valence electrons. The summed E-state index contributed by atoms with van der Waals surface area (Å²) < 4.78 is 5.90. The van der Waals surface area contributed by atoms with Crippen LogP contribution in [-0.4, -0.2) is 12.5 Å². The lowest BCUT2D eigenvalue weighted by Crippen LogP contribution is -2.14. The maximum atomic E-state index is 12.9. The van der Waals surface area contributed by atoms with Gasteiger partial charge in [0.1, 0.15) is 5.58 Å². The molecule has 1 heterocycles. The van der Waals surface area contributed by atoms with Crippen LogP contribution in [0.5, 0.6) is 0 Å². The summed E-state index contributed by atoms with van der Waals surface area (Å²) in [6, 6.07) is 15.6. The number of benzene rings is 2. The van der Waals surface area contributed by atoms with Crippen molar-refractivity contribution < 1.29 is 9.21 Å². The molecule has 4 heteroatoms. The number of anilines is 2. The molecule has 0 saturated heterocycles. The lowest BCUT2D eigenvalue weighted by Gasteiger charge is -2.08. The lowest BCUT2D eigenvalue weighted by molar-refractivity contribution is 0.0999. The van der Waals surface area contributed by atoms with Crippen molar-refractivity contribution in [2.45, 2.75) is 52.4 Å². The van der Waals surface area contributed by atoms with E-state index in [1.807, 2.05) is 55.5 Å². The third kappa shape index (κ3) is 5.16. The van der Waals surface area contributed by atoms with Crippen LogP contribution in [0.15, 0.2) is 52.9 Å². The summed E-state index contributed by atoms with van der Waals surface area (Å²) in [5.74, 6) is 0.112. The third-order valence-electron chi connectivity index (χ3n) is 4.91. The first-order valence-electron chi connectivity index (χ1n) is 10.3. The van der Waals surface area contributed by atoms with E-state index >= 15 is 0 Å². The van der Waals surface area contributed by atoms with Gasteiger partial charge in [-0.25, -0.2) is 0 Å². The van der Waals surface area contributed by atoms with Crippen LogP contribution >= 0.6 is 0 Å². The zero-order valence-electron chi connectivity index (χ0n) is 16.9. The highest BCUT2D eigenvalue weighted by Gasteiger charge is 2.20.